The number of alkyl carbamates (subject to hydrolysis) is 3. The maximum Gasteiger partial charge on any atom is 0.408 e. The Bertz CT molecular complexity index is 2320. The molecular formula is C53H66N4O12. The van der Waals surface area contributed by atoms with Gasteiger partial charge in [-0.15, -0.1) is 0 Å². The molecule has 4 atom stereocenters. The summed E-state index contributed by atoms with van der Waals surface area (Å²) in [6.07, 6.45) is -2.13. The summed E-state index contributed by atoms with van der Waals surface area (Å²) >= 11 is 0. The predicted molar refractivity (Wildman–Crippen MR) is 259 cm³/mol. The monoisotopic (exact) mass is 950 g/mol. The number of hydrogen-bond donors (Lipinski definition) is 4. The van der Waals surface area contributed by atoms with E-state index in [2.05, 4.69) is 16.0 Å². The molecule has 16 heteroatoms. The zero-order valence-electron chi connectivity index (χ0n) is 40.7. The Morgan fingerprint density at radius 3 is 1.38 bits per heavy atom. The van der Waals surface area contributed by atoms with E-state index in [4.69, 9.17) is 29.4 Å². The number of fused-ring (bicyclic) bond motifs is 3. The maximum absolute atomic E-state index is 13.1. The van der Waals surface area contributed by atoms with E-state index >= 15 is 0 Å². The molecule has 0 unspecified atom stereocenters. The van der Waals surface area contributed by atoms with E-state index in [0.717, 1.165) is 33.4 Å². The van der Waals surface area contributed by atoms with E-state index in [1.807, 2.05) is 109 Å². The second-order valence-corrected chi connectivity index (χ2v) is 18.6. The van der Waals surface area contributed by atoms with Crippen molar-refractivity contribution in [1.29, 1.82) is 0 Å². The SMILES string of the molecule is C[C@H](NC(=O)OC(C)(C)C)C(=O)CC[C@H](N)C(=O)OCc1ccccc1.C[C@H](NC(=O)OC(C)(C)C)C(=O)CC[C@H](NC(=O)OCC1c2ccccc2-c2ccccc21)C(=O)OCc1ccccc1. The molecule has 5 N–H and O–H groups in total. The van der Waals surface area contributed by atoms with Crippen LogP contribution in [0.5, 0.6) is 0 Å². The fraction of sp³-hybridized carbons (Fsp3) is 0.415. The molecule has 69 heavy (non-hydrogen) atoms. The Hall–Kier alpha value is -7.07. The molecule has 0 saturated carbocycles. The summed E-state index contributed by atoms with van der Waals surface area (Å²) in [6, 6.07) is 30.7. The van der Waals surface area contributed by atoms with Crippen molar-refractivity contribution in [2.75, 3.05) is 6.61 Å². The number of ether oxygens (including phenoxy) is 5. The van der Waals surface area contributed by atoms with Gasteiger partial charge in [-0.3, -0.25) is 14.4 Å². The number of benzene rings is 4. The van der Waals surface area contributed by atoms with E-state index in [-0.39, 0.29) is 63.0 Å². The highest BCUT2D eigenvalue weighted by molar-refractivity contribution is 5.89. The number of hydrogen-bond acceptors (Lipinski definition) is 13. The van der Waals surface area contributed by atoms with E-state index in [1.54, 1.807) is 48.5 Å². The van der Waals surface area contributed by atoms with Crippen molar-refractivity contribution in [3.05, 3.63) is 131 Å². The summed E-state index contributed by atoms with van der Waals surface area (Å²) in [6.45, 7) is 13.7. The molecule has 0 radical (unpaired) electrons. The van der Waals surface area contributed by atoms with Gasteiger partial charge < -0.3 is 45.4 Å². The van der Waals surface area contributed by atoms with E-state index in [0.29, 0.717) is 0 Å². The molecule has 0 fully saturated rings. The first-order valence-electron chi connectivity index (χ1n) is 22.9. The van der Waals surface area contributed by atoms with Crippen molar-refractivity contribution >= 4 is 41.8 Å². The van der Waals surface area contributed by atoms with E-state index in [1.165, 1.54) is 6.92 Å². The summed E-state index contributed by atoms with van der Waals surface area (Å²) < 4.78 is 26.5. The zero-order chi connectivity index (χ0) is 50.7. The summed E-state index contributed by atoms with van der Waals surface area (Å²) in [5.41, 5.74) is 10.4. The first-order chi connectivity index (χ1) is 32.6. The molecule has 5 rings (SSSR count). The van der Waals surface area contributed by atoms with Crippen LogP contribution in [0.1, 0.15) is 109 Å². The van der Waals surface area contributed by atoms with Crippen molar-refractivity contribution in [3.63, 3.8) is 0 Å². The van der Waals surface area contributed by atoms with Gasteiger partial charge in [0.25, 0.3) is 0 Å². The number of nitrogens with one attached hydrogen (secondary N) is 3. The summed E-state index contributed by atoms with van der Waals surface area (Å²) in [5.74, 6) is -1.97. The number of carbonyl (C=O) groups is 7. The highest BCUT2D eigenvalue weighted by atomic mass is 16.6. The Balaban J connectivity index is 0.000000342. The molecule has 370 valence electrons. The lowest BCUT2D eigenvalue weighted by Crippen LogP contribution is -2.44. The lowest BCUT2D eigenvalue weighted by molar-refractivity contribution is -0.148. The van der Waals surface area contributed by atoms with E-state index < -0.39 is 65.6 Å². The van der Waals surface area contributed by atoms with Gasteiger partial charge in [-0.2, -0.15) is 0 Å². The van der Waals surface area contributed by atoms with Crippen LogP contribution in [0.4, 0.5) is 14.4 Å². The Kier molecular flexibility index (Phi) is 20.5. The minimum Gasteiger partial charge on any atom is -0.460 e. The van der Waals surface area contributed by atoms with Crippen LogP contribution in [0.3, 0.4) is 0 Å². The molecule has 4 aromatic rings. The predicted octanol–water partition coefficient (Wildman–Crippen LogP) is 8.22. The summed E-state index contributed by atoms with van der Waals surface area (Å²) in [7, 11) is 0. The van der Waals surface area contributed by atoms with E-state index in [9.17, 15) is 33.6 Å². The molecule has 0 heterocycles. The second kappa shape index (κ2) is 25.9. The second-order valence-electron chi connectivity index (χ2n) is 18.6. The number of nitrogens with two attached hydrogens (primary N) is 1. The highest BCUT2D eigenvalue weighted by Gasteiger charge is 2.31. The fourth-order valence-corrected chi connectivity index (χ4v) is 6.96. The molecule has 4 aromatic carbocycles. The Labute approximate surface area is 404 Å². The molecule has 16 nitrogen and oxygen atoms in total. The molecule has 0 spiro atoms. The van der Waals surface area contributed by atoms with Crippen molar-refractivity contribution in [1.82, 2.24) is 16.0 Å². The van der Waals surface area contributed by atoms with Crippen molar-refractivity contribution in [2.24, 2.45) is 5.73 Å². The third-order valence-corrected chi connectivity index (χ3v) is 10.5. The first kappa shape index (κ1) is 54.5. The number of esters is 2. The third-order valence-electron chi connectivity index (χ3n) is 10.5. The molecule has 1 aliphatic carbocycles. The molecule has 3 amide bonds. The van der Waals surface area contributed by atoms with Gasteiger partial charge >= 0.3 is 30.2 Å². The molecule has 0 aliphatic heterocycles. The number of Topliss-reactive ketones (excluding diaryl/α,β-unsaturated/α-hetero) is 2. The van der Waals surface area contributed by atoms with Crippen LogP contribution in [-0.4, -0.2) is 83.8 Å². The van der Waals surface area contributed by atoms with Crippen LogP contribution in [0.2, 0.25) is 0 Å². The smallest absolute Gasteiger partial charge is 0.408 e. The summed E-state index contributed by atoms with van der Waals surface area (Å²) in [4.78, 5) is 86.5. The standard InChI is InChI=1S/C34H38N2O7.C19H28N2O5/c1-22(35-33(40)43-34(2,3)4)30(37)19-18-29(31(38)41-20-23-12-6-5-7-13-23)36-32(39)42-21-28-26-16-10-8-14-24(26)25-15-9-11-17-27(25)28;1-13(21-18(24)26-19(2,3)4)16(22)11-10-15(20)17(23)25-12-14-8-6-5-7-9-14/h5-17,22,28-29H,18-21H2,1-4H3,(H,35,40)(H,36,39);5-9,13,15H,10-12,20H2,1-4H3,(H,21,24)/t22-,29-;13-,15-/m00/s1. The van der Waals surface area contributed by atoms with Crippen LogP contribution in [0, 0.1) is 0 Å². The van der Waals surface area contributed by atoms with Crippen molar-refractivity contribution < 1.29 is 57.2 Å². The third kappa shape index (κ3) is 18.9. The lowest BCUT2D eigenvalue weighted by Gasteiger charge is -2.22. The van der Waals surface area contributed by atoms with Gasteiger partial charge in [-0.1, -0.05) is 109 Å². The summed E-state index contributed by atoms with van der Waals surface area (Å²) in [5, 5.41) is 7.56. The molecular weight excluding hydrogens is 885 g/mol. The number of rotatable bonds is 19. The van der Waals surface area contributed by atoms with Crippen LogP contribution in [-0.2, 0) is 56.1 Å². The van der Waals surface area contributed by atoms with Gasteiger partial charge in [0.05, 0.1) is 12.1 Å². The minimum atomic E-state index is -1.14. The number of carbonyl (C=O) groups excluding carboxylic acids is 7. The van der Waals surface area contributed by atoms with Gasteiger partial charge in [0.1, 0.15) is 43.1 Å². The van der Waals surface area contributed by atoms with Gasteiger partial charge in [-0.05, 0) is 102 Å². The first-order valence-corrected chi connectivity index (χ1v) is 22.9. The van der Waals surface area contributed by atoms with Gasteiger partial charge in [-0.25, -0.2) is 19.2 Å². The van der Waals surface area contributed by atoms with Crippen LogP contribution < -0.4 is 21.7 Å². The maximum atomic E-state index is 13.1. The Morgan fingerprint density at radius 2 is 0.928 bits per heavy atom. The van der Waals surface area contributed by atoms with Gasteiger partial charge in [0, 0.05) is 18.8 Å². The van der Waals surface area contributed by atoms with Gasteiger partial charge in [0.2, 0.25) is 0 Å². The quantitative estimate of drug-likeness (QED) is 0.0514. The Morgan fingerprint density at radius 1 is 0.522 bits per heavy atom. The minimum absolute atomic E-state index is 0.00704. The zero-order valence-corrected chi connectivity index (χ0v) is 40.7. The van der Waals surface area contributed by atoms with Crippen LogP contribution >= 0.6 is 0 Å². The fourth-order valence-electron chi connectivity index (χ4n) is 6.96. The molecule has 1 aliphatic rings. The molecule has 0 bridgehead atoms. The number of ketones is 2. The lowest BCUT2D eigenvalue weighted by atomic mass is 9.98. The number of amides is 3. The average molecular weight is 951 g/mol. The van der Waals surface area contributed by atoms with Crippen molar-refractivity contribution in [3.8, 4) is 11.1 Å². The molecule has 0 aromatic heterocycles. The highest BCUT2D eigenvalue weighted by Crippen LogP contribution is 2.44. The van der Waals surface area contributed by atoms with Crippen LogP contribution in [0.25, 0.3) is 11.1 Å². The largest absolute Gasteiger partial charge is 0.460 e. The van der Waals surface area contributed by atoms with Crippen LogP contribution in [0.15, 0.2) is 109 Å². The topological polar surface area (TPSA) is 228 Å². The van der Waals surface area contributed by atoms with Gasteiger partial charge in [0.15, 0.2) is 11.6 Å². The normalized spacial score (nSPS) is 13.5. The molecule has 0 saturated heterocycles. The average Bonchev–Trinajstić information content (AvgIpc) is 3.62. The van der Waals surface area contributed by atoms with Crippen molar-refractivity contribution in [2.45, 2.75) is 136 Å².